The third-order valence-electron chi connectivity index (χ3n) is 14.5. The number of methoxy groups -OCH3 is 3. The standard InChI is InChI=1S/C36H46O16/c1-9-16(2)25(38)50-19-13-20(49-17(3)37)33(27(39)43-6)14-47-22-23(33)32(19)15-48-35(45-8,28(40)44-7)26(32)30(4)24(22)52-31(5)18-12-21(36(30,31)42)51-29-34(18,41)10-11-46-29/h9-11,18-24,26,29,41-42H,12-15H2,1-8H3/b16-9+/t18-,19+,20-,21+,22-,23-,24-,26+,29+,30-,31+,32+,33+,34+,35+,36+/m1/s1. The second-order valence-corrected chi connectivity index (χ2v) is 15.9. The van der Waals surface area contributed by atoms with Crippen molar-refractivity contribution in [3.8, 4) is 0 Å². The number of carbonyl (C=O) groups is 4. The Hall–Kier alpha value is -3.12. The Morgan fingerprint density at radius 2 is 1.65 bits per heavy atom. The molecule has 7 fully saturated rings. The normalized spacial score (nSPS) is 53.1. The average Bonchev–Trinajstić information content (AvgIpc) is 3.89. The van der Waals surface area contributed by atoms with Crippen LogP contribution in [0.15, 0.2) is 24.0 Å². The molecule has 2 N–H and O–H groups in total. The van der Waals surface area contributed by atoms with Gasteiger partial charge in [-0.2, -0.15) is 0 Å². The van der Waals surface area contributed by atoms with Crippen LogP contribution in [-0.2, 0) is 66.5 Å². The summed E-state index contributed by atoms with van der Waals surface area (Å²) in [5.74, 6) is -8.60. The predicted molar refractivity (Wildman–Crippen MR) is 169 cm³/mol. The van der Waals surface area contributed by atoms with Crippen LogP contribution < -0.4 is 0 Å². The Morgan fingerprint density at radius 1 is 0.942 bits per heavy atom. The summed E-state index contributed by atoms with van der Waals surface area (Å²) < 4.78 is 61.6. The summed E-state index contributed by atoms with van der Waals surface area (Å²) in [4.78, 5) is 55.1. The predicted octanol–water partition coefficient (Wildman–Crippen LogP) is 0.451. The van der Waals surface area contributed by atoms with Crippen LogP contribution in [0.5, 0.6) is 0 Å². The molecule has 16 nitrogen and oxygen atoms in total. The van der Waals surface area contributed by atoms with E-state index in [-0.39, 0.29) is 31.6 Å². The number of fused-ring (bicyclic) bond motifs is 11. The van der Waals surface area contributed by atoms with Crippen LogP contribution in [0, 0.1) is 34.0 Å². The maximum atomic E-state index is 14.4. The molecule has 5 aliphatic heterocycles. The van der Waals surface area contributed by atoms with Gasteiger partial charge in [0.1, 0.15) is 28.8 Å². The quantitative estimate of drug-likeness (QED) is 0.216. The lowest BCUT2D eigenvalue weighted by atomic mass is 9.37. The summed E-state index contributed by atoms with van der Waals surface area (Å²) in [5.41, 5.74) is -10.1. The van der Waals surface area contributed by atoms with E-state index in [1.54, 1.807) is 33.8 Å². The summed E-state index contributed by atoms with van der Waals surface area (Å²) in [6, 6.07) is 0. The van der Waals surface area contributed by atoms with Gasteiger partial charge in [0.05, 0.1) is 52.0 Å². The fourth-order valence-corrected chi connectivity index (χ4v) is 12.5. The van der Waals surface area contributed by atoms with Gasteiger partial charge in [0.25, 0.3) is 5.79 Å². The molecule has 8 aliphatic rings. The number of esters is 4. The van der Waals surface area contributed by atoms with Crippen molar-refractivity contribution in [3.05, 3.63) is 24.0 Å². The highest BCUT2D eigenvalue weighted by Gasteiger charge is 2.95. The topological polar surface area (TPSA) is 201 Å². The molecule has 0 aromatic carbocycles. The van der Waals surface area contributed by atoms with Gasteiger partial charge in [-0.05, 0) is 33.3 Å². The van der Waals surface area contributed by atoms with Gasteiger partial charge in [-0.1, -0.05) is 13.0 Å². The van der Waals surface area contributed by atoms with Crippen molar-refractivity contribution < 1.29 is 76.8 Å². The van der Waals surface area contributed by atoms with E-state index in [2.05, 4.69) is 0 Å². The summed E-state index contributed by atoms with van der Waals surface area (Å²) in [6.07, 6.45) is -2.55. The number of allylic oxidation sites excluding steroid dienone is 1. The van der Waals surface area contributed by atoms with Crippen LogP contribution >= 0.6 is 0 Å². The highest BCUT2D eigenvalue weighted by Crippen LogP contribution is 2.81. The molecule has 8 rings (SSSR count). The number of aliphatic hydroxyl groups is 2. The van der Waals surface area contributed by atoms with Crippen molar-refractivity contribution >= 4 is 23.9 Å². The monoisotopic (exact) mass is 734 g/mol. The summed E-state index contributed by atoms with van der Waals surface area (Å²) in [5, 5.41) is 25.7. The lowest BCUT2D eigenvalue weighted by Gasteiger charge is -2.65. The largest absolute Gasteiger partial charge is 0.469 e. The first-order chi connectivity index (χ1) is 24.5. The molecule has 5 heterocycles. The molecule has 2 bridgehead atoms. The summed E-state index contributed by atoms with van der Waals surface area (Å²) >= 11 is 0. The van der Waals surface area contributed by atoms with E-state index < -0.39 is 117 Å². The van der Waals surface area contributed by atoms with Crippen LogP contribution in [0.2, 0.25) is 0 Å². The van der Waals surface area contributed by atoms with E-state index in [9.17, 15) is 29.4 Å². The van der Waals surface area contributed by atoms with E-state index in [1.807, 2.05) is 0 Å². The molecule has 3 aliphatic carbocycles. The van der Waals surface area contributed by atoms with E-state index in [4.69, 9.17) is 47.4 Å². The van der Waals surface area contributed by atoms with Gasteiger partial charge in [0.15, 0.2) is 5.60 Å². The van der Waals surface area contributed by atoms with E-state index >= 15 is 0 Å². The smallest absolute Gasteiger partial charge is 0.366 e. The lowest BCUT2D eigenvalue weighted by Crippen LogP contribution is -2.79. The zero-order valence-electron chi connectivity index (χ0n) is 30.4. The Labute approximate surface area is 299 Å². The maximum Gasteiger partial charge on any atom is 0.366 e. The van der Waals surface area contributed by atoms with Crippen molar-refractivity contribution in [2.45, 2.75) is 107 Å². The van der Waals surface area contributed by atoms with Crippen molar-refractivity contribution in [3.63, 3.8) is 0 Å². The minimum Gasteiger partial charge on any atom is -0.469 e. The van der Waals surface area contributed by atoms with Gasteiger partial charge in [0.2, 0.25) is 6.29 Å². The van der Waals surface area contributed by atoms with Crippen LogP contribution in [-0.4, -0.2) is 128 Å². The first-order valence-electron chi connectivity index (χ1n) is 17.6. The van der Waals surface area contributed by atoms with Crippen LogP contribution in [0.1, 0.15) is 47.5 Å². The fourth-order valence-electron chi connectivity index (χ4n) is 12.5. The molecular formula is C36H46O16. The molecular weight excluding hydrogens is 688 g/mol. The van der Waals surface area contributed by atoms with Crippen molar-refractivity contribution in [1.29, 1.82) is 0 Å². The average molecular weight is 735 g/mol. The number of ether oxygens (including phenoxy) is 10. The number of carbonyl (C=O) groups excluding carboxylic acids is 4. The van der Waals surface area contributed by atoms with Gasteiger partial charge >= 0.3 is 23.9 Å². The van der Waals surface area contributed by atoms with Gasteiger partial charge in [-0.15, -0.1) is 0 Å². The summed E-state index contributed by atoms with van der Waals surface area (Å²) in [7, 11) is 3.64. The van der Waals surface area contributed by atoms with Crippen LogP contribution in [0.3, 0.4) is 0 Å². The molecule has 0 aromatic heterocycles. The molecule has 3 saturated carbocycles. The third-order valence-corrected chi connectivity index (χ3v) is 14.5. The van der Waals surface area contributed by atoms with E-state index in [1.165, 1.54) is 40.6 Å². The van der Waals surface area contributed by atoms with Crippen molar-refractivity contribution in [2.75, 3.05) is 34.5 Å². The van der Waals surface area contributed by atoms with Gasteiger partial charge < -0.3 is 57.6 Å². The van der Waals surface area contributed by atoms with Crippen molar-refractivity contribution in [1.82, 2.24) is 0 Å². The minimum atomic E-state index is -2.28. The second kappa shape index (κ2) is 11.0. The number of hydrogen-bond donors (Lipinski definition) is 2. The minimum absolute atomic E-state index is 0.142. The molecule has 4 saturated heterocycles. The van der Waals surface area contributed by atoms with E-state index in [0.29, 0.717) is 0 Å². The van der Waals surface area contributed by atoms with Gasteiger partial charge in [-0.3, -0.25) is 9.59 Å². The third kappa shape index (κ3) is 3.63. The molecule has 1 spiro atoms. The molecule has 286 valence electrons. The van der Waals surface area contributed by atoms with Gasteiger partial charge in [0, 0.05) is 54.6 Å². The molecule has 0 amide bonds. The maximum absolute atomic E-state index is 14.4. The zero-order valence-corrected chi connectivity index (χ0v) is 30.4. The Morgan fingerprint density at radius 3 is 2.29 bits per heavy atom. The first-order valence-corrected chi connectivity index (χ1v) is 17.6. The lowest BCUT2D eigenvalue weighted by molar-refractivity contribution is -0.318. The van der Waals surface area contributed by atoms with Gasteiger partial charge in [-0.25, -0.2) is 9.59 Å². The molecule has 0 unspecified atom stereocenters. The van der Waals surface area contributed by atoms with E-state index in [0.717, 1.165) is 0 Å². The molecule has 16 heteroatoms. The number of rotatable bonds is 6. The SMILES string of the molecule is C/C=C(\C)C(=O)O[C@H]1C[C@@H](OC(C)=O)[C@@]2(C(=O)OC)CO[C@H]3[C@H]4O[C@@]5(C)[C@H]6C[C@H](O[C@@H]7OC=C[C@@]76O)[C@]5(O)[C@@]4(C)[C@@H]4[C@@](OC)(C(=O)OC)OC[C@@]14[C@@H]32. The molecule has 0 radical (unpaired) electrons. The Balaban J connectivity index is 1.44. The molecule has 0 aromatic rings. The fraction of sp³-hybridized carbons (Fsp3) is 0.778. The summed E-state index contributed by atoms with van der Waals surface area (Å²) in [6.45, 7) is 7.20. The molecule has 52 heavy (non-hydrogen) atoms. The molecule has 16 atom stereocenters. The number of hydrogen-bond acceptors (Lipinski definition) is 16. The van der Waals surface area contributed by atoms with Crippen LogP contribution in [0.25, 0.3) is 0 Å². The second-order valence-electron chi connectivity index (χ2n) is 15.9. The first kappa shape index (κ1) is 35.9. The van der Waals surface area contributed by atoms with Crippen LogP contribution in [0.4, 0.5) is 0 Å². The zero-order chi connectivity index (χ0) is 37.6. The highest BCUT2D eigenvalue weighted by atomic mass is 16.7. The Bertz CT molecular complexity index is 1680. The highest BCUT2D eigenvalue weighted by molar-refractivity contribution is 5.88. The van der Waals surface area contributed by atoms with Crippen molar-refractivity contribution in [2.24, 2.45) is 34.0 Å². The Kier molecular flexibility index (Phi) is 7.58.